The van der Waals surface area contributed by atoms with E-state index in [0.29, 0.717) is 25.6 Å². The lowest BCUT2D eigenvalue weighted by atomic mass is 9.84. The lowest BCUT2D eigenvalue weighted by Gasteiger charge is -2.34. The number of aryl methyl sites for hydroxylation is 1. The summed E-state index contributed by atoms with van der Waals surface area (Å²) >= 11 is 1.73. The minimum absolute atomic E-state index is 0.0286. The molecule has 2 aromatic rings. The van der Waals surface area contributed by atoms with Crippen molar-refractivity contribution in [2.45, 2.75) is 59.5 Å². The van der Waals surface area contributed by atoms with Crippen molar-refractivity contribution >= 4 is 23.2 Å². The van der Waals surface area contributed by atoms with Crippen LogP contribution in [0.1, 0.15) is 54.8 Å². The van der Waals surface area contributed by atoms with Gasteiger partial charge in [-0.2, -0.15) is 0 Å². The van der Waals surface area contributed by atoms with Crippen molar-refractivity contribution in [2.24, 2.45) is 11.8 Å². The Balaban J connectivity index is 1.75. The van der Waals surface area contributed by atoms with Crippen LogP contribution in [0, 0.1) is 18.8 Å². The molecule has 2 amide bonds. The fourth-order valence-electron chi connectivity index (χ4n) is 3.71. The van der Waals surface area contributed by atoms with Gasteiger partial charge < -0.3 is 9.80 Å². The standard InChI is InChI=1S/C25H34N2O2S/c1-4-19(2)15-27(25(29)22-11-8-12-22)18-24(28)26(16-21-9-6-5-7-10-21)17-23-14-13-20(3)30-23/h5-7,9-10,13-14,19,22H,4,8,11-12,15-18H2,1-3H3/t19-/m0/s1. The van der Waals surface area contributed by atoms with Crippen LogP contribution < -0.4 is 0 Å². The van der Waals surface area contributed by atoms with E-state index in [1.54, 1.807) is 11.3 Å². The lowest BCUT2D eigenvalue weighted by Crippen LogP contribution is -2.47. The van der Waals surface area contributed by atoms with Crippen LogP contribution >= 0.6 is 11.3 Å². The Morgan fingerprint density at radius 2 is 1.80 bits per heavy atom. The van der Waals surface area contributed by atoms with Gasteiger partial charge in [-0.05, 0) is 43.4 Å². The summed E-state index contributed by atoms with van der Waals surface area (Å²) in [6.07, 6.45) is 4.06. The zero-order valence-corrected chi connectivity index (χ0v) is 19.3. The van der Waals surface area contributed by atoms with Gasteiger partial charge in [0.1, 0.15) is 0 Å². The number of hydrogen-bond acceptors (Lipinski definition) is 3. The molecular weight excluding hydrogens is 392 g/mol. The van der Waals surface area contributed by atoms with E-state index in [0.717, 1.165) is 31.2 Å². The van der Waals surface area contributed by atoms with Crippen LogP contribution in [0.5, 0.6) is 0 Å². The maximum atomic E-state index is 13.4. The Kier molecular flexibility index (Phi) is 8.08. The topological polar surface area (TPSA) is 40.6 Å². The molecule has 5 heteroatoms. The number of nitrogens with zero attached hydrogens (tertiary/aromatic N) is 2. The van der Waals surface area contributed by atoms with E-state index >= 15 is 0 Å². The van der Waals surface area contributed by atoms with Crippen LogP contribution in [0.15, 0.2) is 42.5 Å². The Hall–Kier alpha value is -2.14. The summed E-state index contributed by atoms with van der Waals surface area (Å²) in [5.74, 6) is 0.705. The molecule has 0 spiro atoms. The molecule has 0 radical (unpaired) electrons. The maximum absolute atomic E-state index is 13.4. The van der Waals surface area contributed by atoms with Gasteiger partial charge in [-0.1, -0.05) is 57.0 Å². The zero-order chi connectivity index (χ0) is 21.5. The molecule has 1 aromatic heterocycles. The van der Waals surface area contributed by atoms with Crippen molar-refractivity contribution in [1.82, 2.24) is 9.80 Å². The first-order valence-corrected chi connectivity index (χ1v) is 11.9. The summed E-state index contributed by atoms with van der Waals surface area (Å²) in [7, 11) is 0. The molecular formula is C25H34N2O2S. The van der Waals surface area contributed by atoms with Crippen LogP contribution in [0.2, 0.25) is 0 Å². The van der Waals surface area contributed by atoms with Gasteiger partial charge >= 0.3 is 0 Å². The van der Waals surface area contributed by atoms with Crippen LogP contribution in [-0.2, 0) is 22.7 Å². The highest BCUT2D eigenvalue weighted by Crippen LogP contribution is 2.29. The van der Waals surface area contributed by atoms with E-state index in [1.807, 2.05) is 28.0 Å². The molecule has 1 heterocycles. The molecule has 1 aliphatic carbocycles. The van der Waals surface area contributed by atoms with Crippen molar-refractivity contribution < 1.29 is 9.59 Å². The molecule has 0 bridgehead atoms. The number of benzene rings is 1. The molecule has 1 atom stereocenters. The number of rotatable bonds is 10. The first kappa shape index (κ1) is 22.5. The van der Waals surface area contributed by atoms with Gasteiger partial charge in [0, 0.05) is 28.8 Å². The minimum atomic E-state index is 0.0286. The third-order valence-electron chi connectivity index (χ3n) is 6.03. The molecule has 1 fully saturated rings. The second kappa shape index (κ2) is 10.8. The third-order valence-corrected chi connectivity index (χ3v) is 7.02. The number of carbonyl (C=O) groups is 2. The fourth-order valence-corrected chi connectivity index (χ4v) is 4.61. The van der Waals surface area contributed by atoms with Gasteiger partial charge in [0.15, 0.2) is 0 Å². The van der Waals surface area contributed by atoms with E-state index in [-0.39, 0.29) is 24.3 Å². The highest BCUT2D eigenvalue weighted by molar-refractivity contribution is 7.11. The summed E-state index contributed by atoms with van der Waals surface area (Å²) < 4.78 is 0. The Morgan fingerprint density at radius 1 is 1.07 bits per heavy atom. The number of hydrogen-bond donors (Lipinski definition) is 0. The van der Waals surface area contributed by atoms with Crippen molar-refractivity contribution in [1.29, 1.82) is 0 Å². The largest absolute Gasteiger partial charge is 0.333 e. The minimum Gasteiger partial charge on any atom is -0.333 e. The maximum Gasteiger partial charge on any atom is 0.242 e. The van der Waals surface area contributed by atoms with Crippen LogP contribution in [0.4, 0.5) is 0 Å². The Bertz CT molecular complexity index is 829. The molecule has 30 heavy (non-hydrogen) atoms. The molecule has 162 valence electrons. The Morgan fingerprint density at radius 3 is 2.37 bits per heavy atom. The molecule has 0 aliphatic heterocycles. The smallest absolute Gasteiger partial charge is 0.242 e. The van der Waals surface area contributed by atoms with Gasteiger partial charge in [-0.15, -0.1) is 11.3 Å². The van der Waals surface area contributed by atoms with E-state index < -0.39 is 0 Å². The zero-order valence-electron chi connectivity index (χ0n) is 18.5. The quantitative estimate of drug-likeness (QED) is 0.520. The molecule has 1 aromatic carbocycles. The SMILES string of the molecule is CC[C@H](C)CN(CC(=O)N(Cc1ccccc1)Cc1ccc(C)s1)C(=O)C1CCC1. The summed E-state index contributed by atoms with van der Waals surface area (Å²) in [6, 6.07) is 14.3. The van der Waals surface area contributed by atoms with E-state index in [4.69, 9.17) is 0 Å². The van der Waals surface area contributed by atoms with E-state index in [2.05, 4.69) is 45.0 Å². The molecule has 1 aliphatic rings. The van der Waals surface area contributed by atoms with E-state index in [1.165, 1.54) is 9.75 Å². The van der Waals surface area contributed by atoms with Crippen LogP contribution in [0.3, 0.4) is 0 Å². The highest BCUT2D eigenvalue weighted by Gasteiger charge is 2.31. The molecule has 4 nitrogen and oxygen atoms in total. The van der Waals surface area contributed by atoms with Gasteiger partial charge in [0.2, 0.25) is 11.8 Å². The van der Waals surface area contributed by atoms with Gasteiger partial charge in [-0.25, -0.2) is 0 Å². The number of thiophene rings is 1. The first-order chi connectivity index (χ1) is 14.5. The van der Waals surface area contributed by atoms with Crippen LogP contribution in [0.25, 0.3) is 0 Å². The van der Waals surface area contributed by atoms with Crippen molar-refractivity contribution in [3.63, 3.8) is 0 Å². The van der Waals surface area contributed by atoms with Crippen molar-refractivity contribution in [2.75, 3.05) is 13.1 Å². The van der Waals surface area contributed by atoms with Crippen molar-refractivity contribution in [3.05, 3.63) is 57.8 Å². The molecule has 0 N–H and O–H groups in total. The average molecular weight is 427 g/mol. The first-order valence-electron chi connectivity index (χ1n) is 11.1. The third kappa shape index (κ3) is 6.18. The van der Waals surface area contributed by atoms with Crippen LogP contribution in [-0.4, -0.2) is 34.7 Å². The molecule has 3 rings (SSSR count). The molecule has 0 saturated heterocycles. The second-order valence-corrected chi connectivity index (χ2v) is 9.98. The van der Waals surface area contributed by atoms with Gasteiger partial charge in [0.25, 0.3) is 0 Å². The number of carbonyl (C=O) groups excluding carboxylic acids is 2. The number of amides is 2. The lowest BCUT2D eigenvalue weighted by molar-refractivity contribution is -0.145. The second-order valence-electron chi connectivity index (χ2n) is 8.61. The highest BCUT2D eigenvalue weighted by atomic mass is 32.1. The predicted octanol–water partition coefficient (Wildman–Crippen LogP) is 5.26. The van der Waals surface area contributed by atoms with Gasteiger partial charge in [-0.3, -0.25) is 9.59 Å². The molecule has 0 unspecified atom stereocenters. The molecule has 1 saturated carbocycles. The normalized spacial score (nSPS) is 14.8. The summed E-state index contributed by atoms with van der Waals surface area (Å²) in [4.78, 5) is 32.6. The summed E-state index contributed by atoms with van der Waals surface area (Å²) in [5.41, 5.74) is 1.11. The predicted molar refractivity (Wildman–Crippen MR) is 123 cm³/mol. The average Bonchev–Trinajstić information content (AvgIpc) is 3.10. The monoisotopic (exact) mass is 426 g/mol. The summed E-state index contributed by atoms with van der Waals surface area (Å²) in [6.45, 7) is 8.36. The summed E-state index contributed by atoms with van der Waals surface area (Å²) in [5, 5.41) is 0. The van der Waals surface area contributed by atoms with Crippen molar-refractivity contribution in [3.8, 4) is 0 Å². The fraction of sp³-hybridized carbons (Fsp3) is 0.520. The van der Waals surface area contributed by atoms with Gasteiger partial charge in [0.05, 0.1) is 13.1 Å². The Labute approximate surface area is 184 Å². The van der Waals surface area contributed by atoms with E-state index in [9.17, 15) is 9.59 Å².